The molecule has 6 aliphatic rings. The van der Waals surface area contributed by atoms with Crippen molar-refractivity contribution >= 4 is 46.4 Å². The van der Waals surface area contributed by atoms with E-state index in [0.717, 1.165) is 113 Å². The zero-order chi connectivity index (χ0) is 63.6. The Labute approximate surface area is 541 Å². The number of aliphatic hydroxyl groups is 1. The molecule has 8 rings (SSSR count). The molecule has 1 saturated carbocycles. The van der Waals surface area contributed by atoms with E-state index in [2.05, 4.69) is 43.0 Å². The first-order valence-electron chi connectivity index (χ1n) is 33.5. The number of aliphatic hydroxyl groups excluding tert-OH is 1. The second kappa shape index (κ2) is 41.7. The van der Waals surface area contributed by atoms with Crippen molar-refractivity contribution in [3.8, 4) is 5.75 Å². The minimum absolute atomic E-state index is 0.0122. The number of hydrogen-bond donors (Lipinski definition) is 5. The Kier molecular flexibility index (Phi) is 33.4. The monoisotopic (exact) mass is 1310 g/mol. The summed E-state index contributed by atoms with van der Waals surface area (Å²) in [5.41, 5.74) is 6.13. The van der Waals surface area contributed by atoms with Crippen LogP contribution in [0.15, 0.2) is 18.2 Å². The number of fused-ring (bicyclic) bond motifs is 5. The van der Waals surface area contributed by atoms with Gasteiger partial charge in [-0.2, -0.15) is 5.01 Å². The van der Waals surface area contributed by atoms with Crippen LogP contribution in [0.3, 0.4) is 0 Å². The minimum Gasteiger partial charge on any atom is -0.497 e. The highest BCUT2D eigenvalue weighted by molar-refractivity contribution is 8.00. The molecule has 27 heteroatoms. The highest BCUT2D eigenvalue weighted by Crippen LogP contribution is 2.50. The van der Waals surface area contributed by atoms with Gasteiger partial charge in [0.1, 0.15) is 11.9 Å². The van der Waals surface area contributed by atoms with Crippen molar-refractivity contribution in [1.82, 2.24) is 40.8 Å². The number of unbranched alkanes of at least 4 members (excludes halogenated alkanes) is 1. The molecule has 0 bridgehead atoms. The molecular weight excluding hydrogens is 1200 g/mol. The number of methoxy groups -OCH3 is 1. The topological polar surface area (TPSA) is 273 Å². The third-order valence-corrected chi connectivity index (χ3v) is 19.2. The molecule has 2 aromatic rings. The molecule has 4 saturated heterocycles. The first kappa shape index (κ1) is 72.8. The predicted molar refractivity (Wildman–Crippen MR) is 340 cm³/mol. The Morgan fingerprint density at radius 1 is 0.648 bits per heavy atom. The first-order chi connectivity index (χ1) is 44.7. The van der Waals surface area contributed by atoms with Crippen LogP contribution in [0.25, 0.3) is 10.9 Å². The first-order valence-corrected chi connectivity index (χ1v) is 34.6. The maximum absolute atomic E-state index is 13.3. The fourth-order valence-electron chi connectivity index (χ4n) is 12.6. The molecule has 1 aromatic heterocycles. The van der Waals surface area contributed by atoms with Crippen molar-refractivity contribution in [2.45, 2.75) is 100 Å². The molecule has 0 radical (unpaired) electrons. The van der Waals surface area contributed by atoms with Gasteiger partial charge in [0, 0.05) is 92.0 Å². The molecule has 5 N–H and O–H groups in total. The number of aromatic nitrogens is 1. The second-order valence-corrected chi connectivity index (χ2v) is 25.2. The number of thioether (sulfide) groups is 1. The third-order valence-electron chi connectivity index (χ3n) is 17.8. The quantitative estimate of drug-likeness (QED) is 0.0592. The summed E-state index contributed by atoms with van der Waals surface area (Å²) >= 11 is 1.82. The van der Waals surface area contributed by atoms with Crippen molar-refractivity contribution in [2.24, 2.45) is 11.8 Å². The van der Waals surface area contributed by atoms with E-state index < -0.39 is 0 Å². The summed E-state index contributed by atoms with van der Waals surface area (Å²) in [6.45, 7) is 16.0. The van der Waals surface area contributed by atoms with Crippen LogP contribution in [-0.4, -0.2) is 289 Å². The average molecular weight is 1310 g/mol. The van der Waals surface area contributed by atoms with Gasteiger partial charge in [-0.15, -0.1) is 11.8 Å². The number of piperidine rings is 2. The van der Waals surface area contributed by atoms with Gasteiger partial charge >= 0.3 is 6.03 Å². The number of aromatic amines is 1. The Bertz CT molecular complexity index is 2400. The number of urea groups is 1. The minimum atomic E-state index is -0.158. The normalized spacial score (nSPS) is 20.3. The molecule has 516 valence electrons. The van der Waals surface area contributed by atoms with Crippen LogP contribution in [0.2, 0.25) is 0 Å². The second-order valence-electron chi connectivity index (χ2n) is 24.0. The van der Waals surface area contributed by atoms with Crippen LogP contribution in [0, 0.1) is 11.8 Å². The lowest BCUT2D eigenvalue weighted by Gasteiger charge is -2.51. The molecule has 1 aliphatic carbocycles. The van der Waals surface area contributed by atoms with Crippen LogP contribution >= 0.6 is 11.8 Å². The van der Waals surface area contributed by atoms with Gasteiger partial charge < -0.3 is 92.1 Å². The summed E-state index contributed by atoms with van der Waals surface area (Å²) in [6.07, 6.45) is 10.4. The van der Waals surface area contributed by atoms with E-state index in [-0.39, 0.29) is 53.4 Å². The molecule has 91 heavy (non-hydrogen) atoms. The van der Waals surface area contributed by atoms with Gasteiger partial charge in [-0.25, -0.2) is 4.79 Å². The number of amides is 5. The Morgan fingerprint density at radius 3 is 1.68 bits per heavy atom. The SMILES string of the molecule is COc1ccc2c3c([nH]c2c1)C(CO)N(CC1CCN(C(=O)CCOCCOCCOCCOCCOCCOCCOCCOCCOCCOCCOCCOCCNC(=O)CCCC[C@H]2SCC4NC(=O)NN42)CC1)CC31CCN(C(=O)C2CCC2)CC1. The van der Waals surface area contributed by atoms with Crippen molar-refractivity contribution in [1.29, 1.82) is 0 Å². The summed E-state index contributed by atoms with van der Waals surface area (Å²) in [7, 11) is 1.68. The standard InChI is InChI=1S/C64H106N8O18S/c1-78-52-9-10-53-54(45-52)66-61-55(47-73)71(49-64(60(53)61)14-19-70(20-15-64)62(76)51-5-4-6-51)46-50-11-17-69(18-12-50)58(75)13-21-79-23-25-81-27-29-83-31-33-85-35-37-87-39-41-89-43-44-90-42-40-88-38-36-86-34-32-84-30-28-82-26-24-80-22-16-65-57(74)7-2-3-8-59-72-56(48-91-59)67-63(77)68-72/h9-10,45,50-51,55-56,59,66,73H,2-8,11-44,46-49H2,1H3,(H,65,74)(H2,67,68,77)/t55?,56?,59-/m1/s1. The highest BCUT2D eigenvalue weighted by atomic mass is 32.2. The average Bonchev–Trinajstić information content (AvgIpc) is 1.64. The Balaban J connectivity index is 0.508. The van der Waals surface area contributed by atoms with Gasteiger partial charge in [0.25, 0.3) is 0 Å². The van der Waals surface area contributed by atoms with E-state index in [1.165, 1.54) is 10.9 Å². The van der Waals surface area contributed by atoms with Gasteiger partial charge in [-0.3, -0.25) is 24.7 Å². The lowest BCUT2D eigenvalue weighted by atomic mass is 9.67. The summed E-state index contributed by atoms with van der Waals surface area (Å²) in [5.74, 6) is 2.74. The number of carbonyl (C=O) groups excluding carboxylic acids is 4. The van der Waals surface area contributed by atoms with E-state index in [9.17, 15) is 24.3 Å². The van der Waals surface area contributed by atoms with Crippen molar-refractivity contribution in [3.05, 3.63) is 29.5 Å². The highest BCUT2D eigenvalue weighted by Gasteiger charge is 2.49. The Hall–Kier alpha value is -4.01. The van der Waals surface area contributed by atoms with Crippen LogP contribution in [0.4, 0.5) is 4.79 Å². The van der Waals surface area contributed by atoms with Gasteiger partial charge in [0.15, 0.2) is 0 Å². The molecule has 2 unspecified atom stereocenters. The molecule has 1 spiro atoms. The zero-order valence-corrected chi connectivity index (χ0v) is 54.8. The number of H-pyrrole nitrogens is 1. The van der Waals surface area contributed by atoms with Crippen LogP contribution in [-0.2, 0) is 76.6 Å². The van der Waals surface area contributed by atoms with E-state index >= 15 is 0 Å². The number of rotatable bonds is 49. The van der Waals surface area contributed by atoms with Gasteiger partial charge in [0.2, 0.25) is 17.7 Å². The van der Waals surface area contributed by atoms with Gasteiger partial charge in [-0.05, 0) is 75.0 Å². The zero-order valence-electron chi connectivity index (χ0n) is 54.0. The van der Waals surface area contributed by atoms with Crippen molar-refractivity contribution < 1.29 is 85.9 Å². The van der Waals surface area contributed by atoms with Gasteiger partial charge in [-0.1, -0.05) is 12.8 Å². The molecule has 5 aliphatic heterocycles. The number of nitrogens with one attached hydrogen (secondary N) is 4. The number of hydrazine groups is 1. The molecule has 6 heterocycles. The van der Waals surface area contributed by atoms with Crippen LogP contribution in [0.1, 0.15) is 94.3 Å². The number of nitrogens with zero attached hydrogens (tertiary/aromatic N) is 4. The third kappa shape index (κ3) is 24.3. The maximum atomic E-state index is 13.3. The fourth-order valence-corrected chi connectivity index (χ4v) is 14.0. The largest absolute Gasteiger partial charge is 0.497 e. The maximum Gasteiger partial charge on any atom is 0.330 e. The number of benzene rings is 1. The van der Waals surface area contributed by atoms with Crippen molar-refractivity contribution in [2.75, 3.05) is 224 Å². The van der Waals surface area contributed by atoms with E-state index in [0.29, 0.717) is 203 Å². The van der Waals surface area contributed by atoms with E-state index in [1.807, 2.05) is 27.7 Å². The fraction of sp³-hybridized carbons (Fsp3) is 0.812. The van der Waals surface area contributed by atoms with Gasteiger partial charge in [0.05, 0.1) is 190 Å². The lowest BCUT2D eigenvalue weighted by Crippen LogP contribution is -2.56. The number of hydrogen-bond acceptors (Lipinski definition) is 21. The molecule has 3 atom stereocenters. The summed E-state index contributed by atoms with van der Waals surface area (Å²) < 4.78 is 72.5. The smallest absolute Gasteiger partial charge is 0.330 e. The van der Waals surface area contributed by atoms with Crippen LogP contribution in [0.5, 0.6) is 5.75 Å². The summed E-state index contributed by atoms with van der Waals surface area (Å²) in [6, 6.07) is 5.94. The molecule has 5 amide bonds. The molecule has 1 aromatic carbocycles. The molecule has 5 fully saturated rings. The van der Waals surface area contributed by atoms with E-state index in [4.69, 9.17) is 61.6 Å². The number of carbonyl (C=O) groups is 4. The molecule has 26 nitrogen and oxygen atoms in total. The lowest BCUT2D eigenvalue weighted by molar-refractivity contribution is -0.140. The predicted octanol–water partition coefficient (Wildman–Crippen LogP) is 3.62. The van der Waals surface area contributed by atoms with E-state index in [1.54, 1.807) is 7.11 Å². The number of ether oxygens (including phenoxy) is 13. The van der Waals surface area contributed by atoms with Crippen LogP contribution < -0.4 is 20.8 Å². The Morgan fingerprint density at radius 2 is 1.18 bits per heavy atom. The summed E-state index contributed by atoms with van der Waals surface area (Å²) in [4.78, 5) is 60.4. The molecular formula is C64H106N8O18S. The number of likely N-dealkylation sites (tertiary alicyclic amines) is 2. The summed E-state index contributed by atoms with van der Waals surface area (Å²) in [5, 5.41) is 20.2. The van der Waals surface area contributed by atoms with Crippen molar-refractivity contribution in [3.63, 3.8) is 0 Å².